The summed E-state index contributed by atoms with van der Waals surface area (Å²) in [7, 11) is 2.20. The van der Waals surface area contributed by atoms with Crippen LogP contribution in [0.15, 0.2) is 0 Å². The van der Waals surface area contributed by atoms with Gasteiger partial charge in [-0.05, 0) is 83.2 Å². The number of rotatable bonds is 37. The average Bonchev–Trinajstić information content (AvgIpc) is 3.16. The normalized spacial score (nSPS) is 18.7. The highest BCUT2D eigenvalue weighted by Crippen LogP contribution is 2.34. The van der Waals surface area contributed by atoms with Gasteiger partial charge in [0.25, 0.3) is 0 Å². The standard InChI is InChI=1S/C47H91NO5/c1-6-10-14-18-22-26-32-43(30-24-20-16-12-8-3)46(50)52-39-41-36-42(38-45(37-41)48(5)34-28-29-35-49)40-53-47(51)44(31-25-21-17-13-9-4)33-27-23-19-15-11-7-2/h41-45,49H,6-40H2,1-5H3/t41-,42+,43?,44?,45?. The van der Waals surface area contributed by atoms with E-state index in [2.05, 4.69) is 39.6 Å². The minimum Gasteiger partial charge on any atom is -0.465 e. The molecule has 3 unspecified atom stereocenters. The first-order chi connectivity index (χ1) is 25.9. The minimum atomic E-state index is 0.0191. The number of nitrogens with zero attached hydrogens (tertiary/aromatic N) is 1. The maximum atomic E-state index is 13.6. The van der Waals surface area contributed by atoms with Crippen molar-refractivity contribution in [1.29, 1.82) is 0 Å². The maximum absolute atomic E-state index is 13.6. The van der Waals surface area contributed by atoms with E-state index in [-0.39, 0.29) is 42.2 Å². The van der Waals surface area contributed by atoms with Gasteiger partial charge in [0.2, 0.25) is 0 Å². The molecule has 0 aromatic heterocycles. The second-order valence-corrected chi connectivity index (χ2v) is 17.2. The molecule has 5 atom stereocenters. The van der Waals surface area contributed by atoms with Crippen molar-refractivity contribution in [3.05, 3.63) is 0 Å². The van der Waals surface area contributed by atoms with Crippen LogP contribution in [0.4, 0.5) is 0 Å². The molecule has 6 nitrogen and oxygen atoms in total. The lowest BCUT2D eigenvalue weighted by molar-refractivity contribution is -0.152. The lowest BCUT2D eigenvalue weighted by Crippen LogP contribution is -2.42. The number of unbranched alkanes of at least 4 members (excludes halogenated alkanes) is 19. The zero-order valence-electron chi connectivity index (χ0n) is 36.2. The molecule has 0 aliphatic heterocycles. The lowest BCUT2D eigenvalue weighted by atomic mass is 9.78. The van der Waals surface area contributed by atoms with E-state index in [0.29, 0.717) is 19.3 Å². The molecule has 0 spiro atoms. The van der Waals surface area contributed by atoms with E-state index in [9.17, 15) is 14.7 Å². The molecule has 0 heterocycles. The predicted octanol–water partition coefficient (Wildman–Crippen LogP) is 13.0. The van der Waals surface area contributed by atoms with Crippen molar-refractivity contribution in [3.8, 4) is 0 Å². The fourth-order valence-corrected chi connectivity index (χ4v) is 8.54. The number of carbonyl (C=O) groups excluding carboxylic acids is 2. The molecule has 0 radical (unpaired) electrons. The third-order valence-electron chi connectivity index (χ3n) is 12.1. The van der Waals surface area contributed by atoms with Gasteiger partial charge in [0, 0.05) is 12.6 Å². The van der Waals surface area contributed by atoms with Crippen molar-refractivity contribution in [2.45, 2.75) is 233 Å². The van der Waals surface area contributed by atoms with Crippen LogP contribution in [0.5, 0.6) is 0 Å². The van der Waals surface area contributed by atoms with Gasteiger partial charge in [-0.2, -0.15) is 0 Å². The van der Waals surface area contributed by atoms with Crippen LogP contribution in [0.2, 0.25) is 0 Å². The Balaban J connectivity index is 2.86. The Hall–Kier alpha value is -1.14. The highest BCUT2D eigenvalue weighted by atomic mass is 16.5. The van der Waals surface area contributed by atoms with Crippen molar-refractivity contribution in [3.63, 3.8) is 0 Å². The molecule has 53 heavy (non-hydrogen) atoms. The Bertz CT molecular complexity index is 778. The summed E-state index contributed by atoms with van der Waals surface area (Å²) in [6, 6.07) is 0.366. The van der Waals surface area contributed by atoms with E-state index in [1.54, 1.807) is 0 Å². The van der Waals surface area contributed by atoms with Gasteiger partial charge < -0.3 is 19.5 Å². The molecule has 1 saturated carbocycles. The summed E-state index contributed by atoms with van der Waals surface area (Å²) in [5.41, 5.74) is 0. The van der Waals surface area contributed by atoms with Gasteiger partial charge in [0.1, 0.15) is 0 Å². The third kappa shape index (κ3) is 26.4. The summed E-state index contributed by atoms with van der Waals surface area (Å²) in [6.45, 7) is 11.1. The lowest BCUT2D eigenvalue weighted by Gasteiger charge is -2.39. The molecular weight excluding hydrogens is 659 g/mol. The number of hydrogen-bond donors (Lipinski definition) is 1. The van der Waals surface area contributed by atoms with Crippen molar-refractivity contribution < 1.29 is 24.2 Å². The Morgan fingerprint density at radius 2 is 0.849 bits per heavy atom. The summed E-state index contributed by atoms with van der Waals surface area (Å²) in [4.78, 5) is 29.7. The van der Waals surface area contributed by atoms with Crippen LogP contribution in [0.1, 0.15) is 227 Å². The number of aliphatic hydroxyl groups is 1. The second kappa shape index (κ2) is 35.3. The number of hydrogen-bond acceptors (Lipinski definition) is 6. The predicted molar refractivity (Wildman–Crippen MR) is 225 cm³/mol. The van der Waals surface area contributed by atoms with Gasteiger partial charge in [-0.3, -0.25) is 9.59 Å². The summed E-state index contributed by atoms with van der Waals surface area (Å²) < 4.78 is 12.4. The Morgan fingerprint density at radius 3 is 1.19 bits per heavy atom. The molecule has 1 fully saturated rings. The third-order valence-corrected chi connectivity index (χ3v) is 12.1. The Labute approximate surface area is 330 Å². The average molecular weight is 750 g/mol. The number of aliphatic hydroxyl groups excluding tert-OH is 1. The first-order valence-electron chi connectivity index (χ1n) is 23.5. The van der Waals surface area contributed by atoms with Crippen LogP contribution in [0.3, 0.4) is 0 Å². The summed E-state index contributed by atoms with van der Waals surface area (Å²) in [5, 5.41) is 9.38. The molecule has 314 valence electrons. The zero-order chi connectivity index (χ0) is 38.8. The van der Waals surface area contributed by atoms with E-state index in [1.165, 1.54) is 116 Å². The summed E-state index contributed by atoms with van der Waals surface area (Å²) in [5.74, 6) is 0.631. The largest absolute Gasteiger partial charge is 0.465 e. The molecule has 1 aliphatic carbocycles. The highest BCUT2D eigenvalue weighted by Gasteiger charge is 2.33. The monoisotopic (exact) mass is 750 g/mol. The topological polar surface area (TPSA) is 76.1 Å². The van der Waals surface area contributed by atoms with Gasteiger partial charge in [0.05, 0.1) is 25.0 Å². The van der Waals surface area contributed by atoms with E-state index in [0.717, 1.165) is 90.0 Å². The molecule has 0 amide bonds. The smallest absolute Gasteiger partial charge is 0.308 e. The van der Waals surface area contributed by atoms with Crippen LogP contribution < -0.4 is 0 Å². The molecule has 0 aromatic carbocycles. The Kier molecular flexibility index (Phi) is 33.2. The minimum absolute atomic E-state index is 0.0191. The SMILES string of the molecule is CCCCCCCCC(CCCCCCC)C(=O)OC[C@@H]1CC(N(C)CCCCO)C[C@H](COC(=O)C(CCCCCCC)CCCCCCCC)C1. The quantitative estimate of drug-likeness (QED) is 0.0503. The molecule has 0 aromatic rings. The first kappa shape index (κ1) is 49.9. The van der Waals surface area contributed by atoms with Gasteiger partial charge in [0.15, 0.2) is 0 Å². The fraction of sp³-hybridized carbons (Fsp3) is 0.957. The molecule has 0 bridgehead atoms. The molecular formula is C47H91NO5. The van der Waals surface area contributed by atoms with Gasteiger partial charge in [-0.1, -0.05) is 169 Å². The van der Waals surface area contributed by atoms with E-state index in [1.807, 2.05) is 0 Å². The van der Waals surface area contributed by atoms with Crippen LogP contribution >= 0.6 is 0 Å². The molecule has 6 heteroatoms. The van der Waals surface area contributed by atoms with Gasteiger partial charge in [-0.15, -0.1) is 0 Å². The summed E-state index contributed by atoms with van der Waals surface area (Å²) >= 11 is 0. The van der Waals surface area contributed by atoms with E-state index in [4.69, 9.17) is 9.47 Å². The highest BCUT2D eigenvalue weighted by molar-refractivity contribution is 5.72. The van der Waals surface area contributed by atoms with Crippen LogP contribution in [0.25, 0.3) is 0 Å². The fourth-order valence-electron chi connectivity index (χ4n) is 8.54. The molecule has 1 N–H and O–H groups in total. The van der Waals surface area contributed by atoms with Crippen LogP contribution in [-0.2, 0) is 19.1 Å². The van der Waals surface area contributed by atoms with Gasteiger partial charge in [-0.25, -0.2) is 0 Å². The Morgan fingerprint density at radius 1 is 0.509 bits per heavy atom. The van der Waals surface area contributed by atoms with Crippen molar-refractivity contribution in [1.82, 2.24) is 4.90 Å². The number of ether oxygens (including phenoxy) is 2. The zero-order valence-corrected chi connectivity index (χ0v) is 36.2. The second-order valence-electron chi connectivity index (χ2n) is 17.2. The van der Waals surface area contributed by atoms with Crippen molar-refractivity contribution in [2.75, 3.05) is 33.4 Å². The molecule has 0 saturated heterocycles. The van der Waals surface area contributed by atoms with E-state index >= 15 is 0 Å². The van der Waals surface area contributed by atoms with Crippen LogP contribution in [0, 0.1) is 23.7 Å². The number of carbonyl (C=O) groups is 2. The summed E-state index contributed by atoms with van der Waals surface area (Å²) in [6.07, 6.45) is 35.7. The van der Waals surface area contributed by atoms with E-state index < -0.39 is 0 Å². The van der Waals surface area contributed by atoms with Crippen LogP contribution in [-0.4, -0.2) is 61.4 Å². The number of esters is 2. The molecule has 1 rings (SSSR count). The molecule has 1 aliphatic rings. The van der Waals surface area contributed by atoms with Gasteiger partial charge >= 0.3 is 11.9 Å². The van der Waals surface area contributed by atoms with Crippen molar-refractivity contribution >= 4 is 11.9 Å². The van der Waals surface area contributed by atoms with Crippen molar-refractivity contribution in [2.24, 2.45) is 23.7 Å². The first-order valence-corrected chi connectivity index (χ1v) is 23.5. The maximum Gasteiger partial charge on any atom is 0.308 e.